The van der Waals surface area contributed by atoms with Crippen LogP contribution in [-0.4, -0.2) is 51.1 Å². The predicted molar refractivity (Wildman–Crippen MR) is 95.7 cm³/mol. The van der Waals surface area contributed by atoms with E-state index in [0.29, 0.717) is 41.9 Å². The number of carbonyl (C=O) groups excluding carboxylic acids is 1. The Hall–Kier alpha value is -2.41. The van der Waals surface area contributed by atoms with Crippen molar-refractivity contribution in [2.75, 3.05) is 18.4 Å². The molecule has 1 saturated carbocycles. The lowest BCUT2D eigenvalue weighted by atomic mass is 9.77. The number of aryl methyl sites for hydroxylation is 2. The van der Waals surface area contributed by atoms with Crippen LogP contribution in [0.15, 0.2) is 29.1 Å². The summed E-state index contributed by atoms with van der Waals surface area (Å²) < 4.78 is 5.50. The lowest BCUT2D eigenvalue weighted by molar-refractivity contribution is 0.0726. The third kappa shape index (κ3) is 3.19. The van der Waals surface area contributed by atoms with E-state index in [1.165, 1.54) is 0 Å². The first kappa shape index (κ1) is 17.0. The lowest BCUT2D eigenvalue weighted by Gasteiger charge is -2.35. The highest BCUT2D eigenvalue weighted by Gasteiger charge is 2.43. The molecule has 7 heteroatoms. The van der Waals surface area contributed by atoms with Crippen LogP contribution in [0.25, 0.3) is 0 Å². The van der Waals surface area contributed by atoms with E-state index in [-0.39, 0.29) is 11.9 Å². The fourth-order valence-corrected chi connectivity index (χ4v) is 4.33. The number of anilines is 1. The van der Waals surface area contributed by atoms with E-state index in [1.54, 1.807) is 18.6 Å². The third-order valence-electron chi connectivity index (χ3n) is 5.60. The first-order chi connectivity index (χ1) is 12.5. The minimum atomic E-state index is -0.453. The Morgan fingerprint density at radius 3 is 2.69 bits per heavy atom. The van der Waals surface area contributed by atoms with Gasteiger partial charge in [-0.2, -0.15) is 0 Å². The Labute approximate surface area is 152 Å². The number of likely N-dealkylation sites (tertiary alicyclic amines) is 1. The molecule has 0 spiro atoms. The average molecular weight is 356 g/mol. The Bertz CT molecular complexity index is 791. The van der Waals surface area contributed by atoms with Crippen LogP contribution in [0.2, 0.25) is 0 Å². The van der Waals surface area contributed by atoms with E-state index < -0.39 is 6.10 Å². The number of aliphatic hydroxyl groups excluding tert-OH is 1. The van der Waals surface area contributed by atoms with Crippen molar-refractivity contribution in [3.05, 3.63) is 41.7 Å². The minimum Gasteiger partial charge on any atom is -0.466 e. The standard InChI is InChI=1S/C19H24N4O3/c1-11-5-15(12(2)26-11)19(25)23-9-13-6-16(17(24)7-14(13)10-23)22-18-8-20-3-4-21-18/h3-5,8,13-14,16-17,24H,6-7,9-10H2,1-2H3,(H,21,22)/t13-,14+,16-,17-/m1/s1. The van der Waals surface area contributed by atoms with Gasteiger partial charge in [-0.15, -0.1) is 0 Å². The summed E-state index contributed by atoms with van der Waals surface area (Å²) in [5.74, 6) is 2.84. The fourth-order valence-electron chi connectivity index (χ4n) is 4.33. The van der Waals surface area contributed by atoms with Gasteiger partial charge in [0.1, 0.15) is 17.3 Å². The second-order valence-corrected chi connectivity index (χ2v) is 7.44. The SMILES string of the molecule is Cc1cc(C(=O)N2C[C@H]3C[C@@H](Nc4cnccn4)[C@H](O)C[C@H]3C2)c(C)o1. The highest BCUT2D eigenvalue weighted by Crippen LogP contribution is 2.38. The minimum absolute atomic E-state index is 0.0293. The van der Waals surface area contributed by atoms with Gasteiger partial charge in [-0.1, -0.05) is 0 Å². The Kier molecular flexibility index (Phi) is 4.40. The zero-order valence-electron chi connectivity index (χ0n) is 15.1. The summed E-state index contributed by atoms with van der Waals surface area (Å²) in [4.78, 5) is 23.0. The van der Waals surface area contributed by atoms with Gasteiger partial charge >= 0.3 is 0 Å². The highest BCUT2D eigenvalue weighted by molar-refractivity contribution is 5.95. The second-order valence-electron chi connectivity index (χ2n) is 7.44. The molecule has 0 aromatic carbocycles. The van der Waals surface area contributed by atoms with E-state index in [1.807, 2.05) is 24.8 Å². The number of fused-ring (bicyclic) bond motifs is 1. The van der Waals surface area contributed by atoms with E-state index in [4.69, 9.17) is 4.42 Å². The maximum Gasteiger partial charge on any atom is 0.257 e. The fraction of sp³-hybridized carbons (Fsp3) is 0.526. The van der Waals surface area contributed by atoms with Gasteiger partial charge in [0.15, 0.2) is 0 Å². The van der Waals surface area contributed by atoms with Gasteiger partial charge in [0.25, 0.3) is 5.91 Å². The van der Waals surface area contributed by atoms with Gasteiger partial charge in [-0.3, -0.25) is 9.78 Å². The number of aromatic nitrogens is 2. The lowest BCUT2D eigenvalue weighted by Crippen LogP contribution is -2.43. The number of furan rings is 1. The molecule has 2 aromatic rings. The molecule has 4 atom stereocenters. The van der Waals surface area contributed by atoms with Gasteiger partial charge in [-0.25, -0.2) is 4.98 Å². The number of carbonyl (C=O) groups is 1. The second kappa shape index (κ2) is 6.72. The molecule has 2 aliphatic rings. The topological polar surface area (TPSA) is 91.5 Å². The zero-order valence-corrected chi connectivity index (χ0v) is 15.1. The van der Waals surface area contributed by atoms with Crippen LogP contribution in [0.4, 0.5) is 5.82 Å². The number of hydrogen-bond donors (Lipinski definition) is 2. The van der Waals surface area contributed by atoms with Gasteiger partial charge < -0.3 is 19.7 Å². The van der Waals surface area contributed by atoms with Crippen molar-refractivity contribution in [3.8, 4) is 0 Å². The first-order valence-electron chi connectivity index (χ1n) is 9.08. The molecule has 4 rings (SSSR count). The third-order valence-corrected chi connectivity index (χ3v) is 5.60. The normalized spacial score (nSPS) is 28.0. The molecule has 2 N–H and O–H groups in total. The van der Waals surface area contributed by atoms with Gasteiger partial charge in [0.2, 0.25) is 0 Å². The van der Waals surface area contributed by atoms with E-state index in [9.17, 15) is 9.90 Å². The molecule has 1 aliphatic heterocycles. The summed E-state index contributed by atoms with van der Waals surface area (Å²) in [6, 6.07) is 1.74. The number of amides is 1. The van der Waals surface area contributed by atoms with E-state index in [0.717, 1.165) is 18.7 Å². The van der Waals surface area contributed by atoms with Crippen LogP contribution in [-0.2, 0) is 0 Å². The zero-order chi connectivity index (χ0) is 18.3. The van der Waals surface area contributed by atoms with Crippen molar-refractivity contribution in [1.82, 2.24) is 14.9 Å². The summed E-state index contributed by atoms with van der Waals surface area (Å²) in [5, 5.41) is 13.8. The summed E-state index contributed by atoms with van der Waals surface area (Å²) >= 11 is 0. The van der Waals surface area contributed by atoms with Crippen LogP contribution < -0.4 is 5.32 Å². The molecular weight excluding hydrogens is 332 g/mol. The first-order valence-corrected chi connectivity index (χ1v) is 9.08. The Morgan fingerprint density at radius 1 is 1.27 bits per heavy atom. The molecule has 0 unspecified atom stereocenters. The molecule has 1 aliphatic carbocycles. The molecule has 7 nitrogen and oxygen atoms in total. The van der Waals surface area contributed by atoms with Crippen molar-refractivity contribution >= 4 is 11.7 Å². The monoisotopic (exact) mass is 356 g/mol. The van der Waals surface area contributed by atoms with E-state index >= 15 is 0 Å². The molecular formula is C19H24N4O3. The van der Waals surface area contributed by atoms with Gasteiger partial charge in [-0.05, 0) is 44.6 Å². The number of rotatable bonds is 3. The summed E-state index contributed by atoms with van der Waals surface area (Å²) in [6.45, 7) is 5.10. The maximum atomic E-state index is 12.8. The van der Waals surface area contributed by atoms with Crippen molar-refractivity contribution in [1.29, 1.82) is 0 Å². The van der Waals surface area contributed by atoms with Crippen molar-refractivity contribution in [2.24, 2.45) is 11.8 Å². The number of nitrogens with zero attached hydrogens (tertiary/aromatic N) is 3. The average Bonchev–Trinajstić information content (AvgIpc) is 3.18. The molecule has 1 saturated heterocycles. The molecule has 0 radical (unpaired) electrons. The Morgan fingerprint density at radius 2 is 2.04 bits per heavy atom. The van der Waals surface area contributed by atoms with Crippen LogP contribution in [0, 0.1) is 25.7 Å². The molecule has 1 amide bonds. The highest BCUT2D eigenvalue weighted by atomic mass is 16.3. The van der Waals surface area contributed by atoms with Crippen LogP contribution >= 0.6 is 0 Å². The summed E-state index contributed by atoms with van der Waals surface area (Å²) in [6.07, 6.45) is 5.97. The number of nitrogens with one attached hydrogen (secondary N) is 1. The van der Waals surface area contributed by atoms with Crippen LogP contribution in [0.3, 0.4) is 0 Å². The molecule has 26 heavy (non-hydrogen) atoms. The van der Waals surface area contributed by atoms with Crippen LogP contribution in [0.5, 0.6) is 0 Å². The van der Waals surface area contributed by atoms with Gasteiger partial charge in [0.05, 0.1) is 23.9 Å². The van der Waals surface area contributed by atoms with Gasteiger partial charge in [0, 0.05) is 25.5 Å². The predicted octanol–water partition coefficient (Wildman–Crippen LogP) is 2.01. The van der Waals surface area contributed by atoms with Crippen molar-refractivity contribution in [3.63, 3.8) is 0 Å². The smallest absolute Gasteiger partial charge is 0.257 e. The maximum absolute atomic E-state index is 12.8. The van der Waals surface area contributed by atoms with Crippen molar-refractivity contribution < 1.29 is 14.3 Å². The van der Waals surface area contributed by atoms with Crippen molar-refractivity contribution in [2.45, 2.75) is 38.8 Å². The molecule has 138 valence electrons. The van der Waals surface area contributed by atoms with Crippen LogP contribution in [0.1, 0.15) is 34.7 Å². The summed E-state index contributed by atoms with van der Waals surface area (Å²) in [5.41, 5.74) is 0.649. The van der Waals surface area contributed by atoms with E-state index in [2.05, 4.69) is 15.3 Å². The molecule has 0 bridgehead atoms. The molecule has 3 heterocycles. The molecule has 2 fully saturated rings. The molecule has 2 aromatic heterocycles. The Balaban J connectivity index is 1.44. The summed E-state index contributed by atoms with van der Waals surface area (Å²) in [7, 11) is 0. The number of aliphatic hydroxyl groups is 1. The number of hydrogen-bond acceptors (Lipinski definition) is 6. The quantitative estimate of drug-likeness (QED) is 0.874. The largest absolute Gasteiger partial charge is 0.466 e.